The number of ether oxygens (including phenoxy) is 7. The third-order valence-corrected chi connectivity index (χ3v) is 15.6. The summed E-state index contributed by atoms with van der Waals surface area (Å²) in [7, 11) is -3.75. The normalized spacial score (nSPS) is 21.5. The molecule has 6 atom stereocenters. The lowest BCUT2D eigenvalue weighted by atomic mass is 9.85. The SMILES string of the molecule is CC[C@@]1(O)C(=O)OCc2c1cc1n(c2=O)Cc2c-1nc1cc(OS(=O)(=O)Oc3cc(C(=O)N(C)CCOCCOCCOCCn4cc(COCCN5C(=O)C=CC5=O)nn4)ccc3OC3O[C@H](C(=O)O)[C@@H](O)[C@H](O)[C@H]3O)cc3c1c2CCC3. The van der Waals surface area contributed by atoms with E-state index in [1.54, 1.807) is 23.9 Å². The van der Waals surface area contributed by atoms with Gasteiger partial charge in [0, 0.05) is 53.9 Å². The van der Waals surface area contributed by atoms with Gasteiger partial charge in [0.2, 0.25) is 6.29 Å². The molecule has 0 spiro atoms. The van der Waals surface area contributed by atoms with Crippen LogP contribution in [0.2, 0.25) is 0 Å². The Morgan fingerprint density at radius 1 is 0.833 bits per heavy atom. The molecular formula is C54H59N7O22S. The standard InChI is InChI=1S/C54H59N7O22S/c1-3-54(72)36-24-38-44-34(26-61(38)50(68)35(36)28-79-53(54)71)33-6-4-5-29-21-32(23-37(55-44)43(29)33)82-84(73,74)83-40-22-30(7-8-39(40)80-52-47(66)45(64)46(65)48(81-52)51(69)70)49(67)58(2)11-14-75-17-19-77-20-18-76-15-12-59-25-31(56-57-59)27-78-16-13-60-41(62)9-10-42(60)63/h7-10,21-25,45-48,52,64-66,72H,3-6,11-20,26-28H2,1-2H3,(H,69,70)/t45-,46-,47+,48-,52?,54-/m0/s1. The molecule has 84 heavy (non-hydrogen) atoms. The van der Waals surface area contributed by atoms with Crippen molar-refractivity contribution >= 4 is 51.0 Å². The number of aliphatic carboxylic acids is 1. The smallest absolute Gasteiger partial charge is 0.479 e. The van der Waals surface area contributed by atoms with Crippen LogP contribution in [0.15, 0.2) is 59.5 Å². The van der Waals surface area contributed by atoms with E-state index in [1.165, 1.54) is 46.9 Å². The second-order valence-electron chi connectivity index (χ2n) is 20.2. The molecule has 5 N–H and O–H groups in total. The molecule has 29 nitrogen and oxygen atoms in total. The van der Waals surface area contributed by atoms with Gasteiger partial charge in [-0.2, -0.15) is 0 Å². The number of aliphatic hydroxyl groups is 4. The average Bonchev–Trinajstić information content (AvgIpc) is 1.61. The first-order valence-electron chi connectivity index (χ1n) is 26.8. The predicted molar refractivity (Wildman–Crippen MR) is 283 cm³/mol. The van der Waals surface area contributed by atoms with Crippen LogP contribution < -0.4 is 18.7 Å². The van der Waals surface area contributed by atoms with Gasteiger partial charge in [0.1, 0.15) is 36.4 Å². The van der Waals surface area contributed by atoms with Crippen molar-refractivity contribution in [1.29, 1.82) is 0 Å². The van der Waals surface area contributed by atoms with Gasteiger partial charge in [0.25, 0.3) is 23.3 Å². The Balaban J connectivity index is 0.761. The molecule has 7 heterocycles. The molecule has 0 saturated carbocycles. The number of pyridine rings is 2. The summed E-state index contributed by atoms with van der Waals surface area (Å²) in [5.41, 5.74) is 1.55. The second kappa shape index (κ2) is 24.8. The van der Waals surface area contributed by atoms with Crippen molar-refractivity contribution in [3.8, 4) is 28.6 Å². The fraction of sp³-hybridized carbons (Fsp3) is 0.463. The number of esters is 1. The van der Waals surface area contributed by atoms with Crippen LogP contribution in [0.5, 0.6) is 17.2 Å². The third kappa shape index (κ3) is 12.3. The van der Waals surface area contributed by atoms with Crippen molar-refractivity contribution in [2.75, 3.05) is 66.4 Å². The molecule has 448 valence electrons. The van der Waals surface area contributed by atoms with Crippen LogP contribution in [0.4, 0.5) is 0 Å². The summed E-state index contributed by atoms with van der Waals surface area (Å²) >= 11 is 0. The Hall–Kier alpha value is -7.78. The van der Waals surface area contributed by atoms with E-state index in [-0.39, 0.29) is 113 Å². The number of imide groups is 1. The molecule has 1 saturated heterocycles. The maximum atomic E-state index is 14.0. The minimum absolute atomic E-state index is 0.0501. The number of amides is 3. The molecule has 1 fully saturated rings. The molecule has 1 aliphatic carbocycles. The zero-order valence-corrected chi connectivity index (χ0v) is 46.1. The maximum absolute atomic E-state index is 14.0. The first-order chi connectivity index (χ1) is 40.2. The molecular weight excluding hydrogens is 1130 g/mol. The Morgan fingerprint density at radius 2 is 1.56 bits per heavy atom. The number of hydrogen-bond acceptors (Lipinski definition) is 24. The molecule has 5 aliphatic rings. The molecule has 30 heteroatoms. The van der Waals surface area contributed by atoms with Gasteiger partial charge in [-0.05, 0) is 67.1 Å². The van der Waals surface area contributed by atoms with Gasteiger partial charge in [-0.3, -0.25) is 24.1 Å². The van der Waals surface area contributed by atoms with E-state index in [4.69, 9.17) is 46.5 Å². The van der Waals surface area contributed by atoms with Gasteiger partial charge < -0.3 is 76.5 Å². The Kier molecular flexibility index (Phi) is 17.5. The lowest BCUT2D eigenvalue weighted by molar-refractivity contribution is -0.271. The number of aromatic nitrogens is 5. The summed E-state index contributed by atoms with van der Waals surface area (Å²) < 4.78 is 80.7. The molecule has 1 unspecified atom stereocenters. The number of aryl methyl sites for hydroxylation is 2. The van der Waals surface area contributed by atoms with Crippen LogP contribution in [0.1, 0.15) is 63.6 Å². The second-order valence-corrected chi connectivity index (χ2v) is 21.3. The molecule has 5 aromatic rings. The number of carbonyl (C=O) groups is 5. The molecule has 10 rings (SSSR count). The first kappa shape index (κ1) is 59.4. The molecule has 4 aliphatic heterocycles. The van der Waals surface area contributed by atoms with E-state index in [0.29, 0.717) is 60.6 Å². The van der Waals surface area contributed by atoms with Gasteiger partial charge in [-0.1, -0.05) is 12.1 Å². The van der Waals surface area contributed by atoms with Crippen LogP contribution in [0, 0.1) is 0 Å². The lowest BCUT2D eigenvalue weighted by Crippen LogP contribution is -2.61. The van der Waals surface area contributed by atoms with Crippen LogP contribution >= 0.6 is 0 Å². The fourth-order valence-corrected chi connectivity index (χ4v) is 11.1. The summed E-state index contributed by atoms with van der Waals surface area (Å²) in [4.78, 5) is 83.0. The van der Waals surface area contributed by atoms with E-state index >= 15 is 0 Å². The molecule has 3 amide bonds. The number of rotatable bonds is 26. The van der Waals surface area contributed by atoms with Crippen molar-refractivity contribution in [2.45, 2.75) is 95.2 Å². The number of aliphatic hydroxyl groups excluding tert-OH is 3. The molecule has 0 radical (unpaired) electrons. The van der Waals surface area contributed by atoms with Gasteiger partial charge in [0.15, 0.2) is 23.2 Å². The van der Waals surface area contributed by atoms with Crippen LogP contribution in [0.25, 0.3) is 22.3 Å². The van der Waals surface area contributed by atoms with Crippen molar-refractivity contribution in [3.63, 3.8) is 0 Å². The van der Waals surface area contributed by atoms with Crippen LogP contribution in [-0.4, -0.2) is 195 Å². The number of hydrogen-bond donors (Lipinski definition) is 5. The van der Waals surface area contributed by atoms with E-state index in [2.05, 4.69) is 10.3 Å². The van der Waals surface area contributed by atoms with Crippen LogP contribution in [0.3, 0.4) is 0 Å². The van der Waals surface area contributed by atoms with Crippen molar-refractivity contribution in [2.24, 2.45) is 0 Å². The lowest BCUT2D eigenvalue weighted by Gasteiger charge is -2.38. The predicted octanol–water partition coefficient (Wildman–Crippen LogP) is -0.603. The highest BCUT2D eigenvalue weighted by atomic mass is 32.3. The number of carboxylic acids is 1. The Labute approximate surface area is 477 Å². The van der Waals surface area contributed by atoms with E-state index in [9.17, 15) is 62.7 Å². The third-order valence-electron chi connectivity index (χ3n) is 14.8. The molecule has 3 aromatic heterocycles. The van der Waals surface area contributed by atoms with Gasteiger partial charge in [-0.25, -0.2) is 19.3 Å². The molecule has 2 aromatic carbocycles. The highest BCUT2D eigenvalue weighted by molar-refractivity contribution is 7.82. The minimum atomic E-state index is -5.21. The van der Waals surface area contributed by atoms with E-state index in [1.807, 2.05) is 0 Å². The summed E-state index contributed by atoms with van der Waals surface area (Å²) in [6.45, 7) is 3.61. The summed E-state index contributed by atoms with van der Waals surface area (Å²) in [6, 6.07) is 7.73. The summed E-state index contributed by atoms with van der Waals surface area (Å²) in [5.74, 6) is -5.47. The number of benzene rings is 2. The monoisotopic (exact) mass is 1190 g/mol. The van der Waals surface area contributed by atoms with Crippen molar-refractivity contribution < 1.29 is 99.4 Å². The number of likely N-dealkylation sites (N-methyl/N-ethyl adjacent to an activating group) is 1. The highest BCUT2D eigenvalue weighted by Crippen LogP contribution is 2.44. The Morgan fingerprint density at radius 3 is 2.30 bits per heavy atom. The summed E-state index contributed by atoms with van der Waals surface area (Å²) in [6.07, 6.45) is -4.57. The highest BCUT2D eigenvalue weighted by Gasteiger charge is 2.49. The zero-order chi connectivity index (χ0) is 59.6. The van der Waals surface area contributed by atoms with Crippen molar-refractivity contribution in [3.05, 3.63) is 104 Å². The first-order valence-corrected chi connectivity index (χ1v) is 28.1. The maximum Gasteiger partial charge on any atom is 0.501 e. The fourth-order valence-electron chi connectivity index (χ4n) is 10.4. The van der Waals surface area contributed by atoms with Crippen molar-refractivity contribution in [1.82, 2.24) is 34.3 Å². The summed E-state index contributed by atoms with van der Waals surface area (Å²) in [5, 5.41) is 61.4. The quantitative estimate of drug-likeness (QED) is 0.0257. The number of cyclic esters (lactones) is 1. The van der Waals surface area contributed by atoms with Gasteiger partial charge >= 0.3 is 22.3 Å². The number of carboxylic acid groups (broad SMARTS) is 1. The average molecular weight is 1190 g/mol. The zero-order valence-electron chi connectivity index (χ0n) is 45.3. The number of nitrogens with zero attached hydrogens (tertiary/aromatic N) is 7. The van der Waals surface area contributed by atoms with E-state index in [0.717, 1.165) is 33.5 Å². The molecule has 0 bridgehead atoms. The van der Waals surface area contributed by atoms with Gasteiger partial charge in [0.05, 0.1) is 101 Å². The van der Waals surface area contributed by atoms with E-state index < -0.39 is 81.6 Å². The number of carbonyl (C=O) groups excluding carboxylic acids is 4. The topological polar surface area (TPSA) is 376 Å². The van der Waals surface area contributed by atoms with Gasteiger partial charge in [-0.15, -0.1) is 13.5 Å². The largest absolute Gasteiger partial charge is 0.501 e. The van der Waals surface area contributed by atoms with Crippen LogP contribution in [-0.2, 0) is 103 Å². The minimum Gasteiger partial charge on any atom is -0.479 e. The number of fused-ring (bicyclic) bond motifs is 5. The Bertz CT molecular complexity index is 3590.